The van der Waals surface area contributed by atoms with Crippen LogP contribution in [0.25, 0.3) is 11.5 Å². The number of hydrogen-bond acceptors (Lipinski definition) is 6. The van der Waals surface area contributed by atoms with E-state index in [0.29, 0.717) is 11.5 Å². The zero-order valence-electron chi connectivity index (χ0n) is 14.5. The molecule has 1 atom stereocenters. The monoisotopic (exact) mass is 380 g/mol. The Labute approximate surface area is 150 Å². The first-order chi connectivity index (χ1) is 12.3. The molecule has 0 bridgehead atoms. The Kier molecular flexibility index (Phi) is 4.97. The first kappa shape index (κ1) is 18.3. The second-order valence-corrected chi connectivity index (χ2v) is 8.12. The molecule has 1 fully saturated rings. The molecule has 26 heavy (non-hydrogen) atoms. The van der Waals surface area contributed by atoms with Crippen molar-refractivity contribution in [2.45, 2.75) is 13.0 Å². The molecule has 0 radical (unpaired) electrons. The topological polar surface area (TPSA) is 106 Å². The highest BCUT2D eigenvalue weighted by molar-refractivity contribution is 7.88. The summed E-state index contributed by atoms with van der Waals surface area (Å²) in [5, 5.41) is 4.24. The molecule has 0 N–H and O–H groups in total. The zero-order chi connectivity index (χ0) is 18.9. The molecule has 0 spiro atoms. The summed E-state index contributed by atoms with van der Waals surface area (Å²) in [5.41, 5.74) is 0.0621. The van der Waals surface area contributed by atoms with Gasteiger partial charge in [-0.1, -0.05) is 0 Å². The van der Waals surface area contributed by atoms with Crippen LogP contribution in [0, 0.1) is 0 Å². The largest absolute Gasteiger partial charge is 0.463 e. The summed E-state index contributed by atoms with van der Waals surface area (Å²) in [7, 11) is -3.27. The van der Waals surface area contributed by atoms with Gasteiger partial charge in [0.05, 0.1) is 12.5 Å². The maximum Gasteiger partial charge on any atom is 0.267 e. The van der Waals surface area contributed by atoms with Crippen molar-refractivity contribution in [3.63, 3.8) is 0 Å². The molecule has 140 valence electrons. The van der Waals surface area contributed by atoms with E-state index in [2.05, 4.69) is 5.10 Å². The van der Waals surface area contributed by atoms with Crippen LogP contribution in [0.1, 0.15) is 13.0 Å². The van der Waals surface area contributed by atoms with Crippen molar-refractivity contribution in [3.05, 3.63) is 40.9 Å². The molecule has 10 heteroatoms. The number of hydrogen-bond donors (Lipinski definition) is 0. The van der Waals surface area contributed by atoms with Gasteiger partial charge in [-0.05, 0) is 25.1 Å². The third kappa shape index (κ3) is 3.70. The van der Waals surface area contributed by atoms with Crippen molar-refractivity contribution in [1.29, 1.82) is 0 Å². The Morgan fingerprint density at radius 2 is 1.88 bits per heavy atom. The van der Waals surface area contributed by atoms with Gasteiger partial charge in [-0.25, -0.2) is 13.1 Å². The number of aromatic nitrogens is 2. The summed E-state index contributed by atoms with van der Waals surface area (Å²) < 4.78 is 30.9. The number of sulfonamides is 1. The van der Waals surface area contributed by atoms with Crippen LogP contribution in [0.15, 0.2) is 39.7 Å². The van der Waals surface area contributed by atoms with E-state index in [4.69, 9.17) is 4.42 Å². The number of carbonyl (C=O) groups excluding carboxylic acids is 1. The number of amides is 1. The standard InChI is InChI=1S/C16H20N4O5S/c1-12(16(22)18-7-9-19(10-8-18)26(2,23)24)20-15(21)6-5-13(17-20)14-4-3-11-25-14/h3-6,11-12H,7-10H2,1-2H3. The van der Waals surface area contributed by atoms with Crippen molar-refractivity contribution in [2.24, 2.45) is 0 Å². The molecule has 1 unspecified atom stereocenters. The van der Waals surface area contributed by atoms with E-state index >= 15 is 0 Å². The van der Waals surface area contributed by atoms with E-state index in [1.54, 1.807) is 30.0 Å². The summed E-state index contributed by atoms with van der Waals surface area (Å²) in [6, 6.07) is 5.51. The van der Waals surface area contributed by atoms with Gasteiger partial charge in [-0.2, -0.15) is 9.40 Å². The molecule has 0 aliphatic carbocycles. The van der Waals surface area contributed by atoms with Crippen molar-refractivity contribution in [3.8, 4) is 11.5 Å². The lowest BCUT2D eigenvalue weighted by atomic mass is 10.2. The van der Waals surface area contributed by atoms with Crippen LogP contribution in [0.4, 0.5) is 0 Å². The van der Waals surface area contributed by atoms with E-state index in [0.717, 1.165) is 10.9 Å². The highest BCUT2D eigenvalue weighted by Crippen LogP contribution is 2.17. The highest BCUT2D eigenvalue weighted by atomic mass is 32.2. The van der Waals surface area contributed by atoms with E-state index < -0.39 is 21.6 Å². The highest BCUT2D eigenvalue weighted by Gasteiger charge is 2.29. The minimum Gasteiger partial charge on any atom is -0.463 e. The average Bonchev–Trinajstić information content (AvgIpc) is 3.15. The minimum atomic E-state index is -3.27. The molecular formula is C16H20N4O5S. The lowest BCUT2D eigenvalue weighted by Gasteiger charge is -2.34. The predicted molar refractivity (Wildman–Crippen MR) is 93.9 cm³/mol. The average molecular weight is 380 g/mol. The number of rotatable bonds is 4. The second-order valence-electron chi connectivity index (χ2n) is 6.14. The lowest BCUT2D eigenvalue weighted by molar-refractivity contribution is -0.135. The quantitative estimate of drug-likeness (QED) is 0.749. The van der Waals surface area contributed by atoms with Crippen molar-refractivity contribution < 1.29 is 17.6 Å². The number of nitrogens with zero attached hydrogens (tertiary/aromatic N) is 4. The molecule has 9 nitrogen and oxygen atoms in total. The van der Waals surface area contributed by atoms with Crippen LogP contribution < -0.4 is 5.56 Å². The number of piperazine rings is 1. The van der Waals surface area contributed by atoms with Gasteiger partial charge in [-0.3, -0.25) is 9.59 Å². The van der Waals surface area contributed by atoms with Gasteiger partial charge in [0.15, 0.2) is 5.76 Å². The SMILES string of the molecule is CC(C(=O)N1CCN(S(C)(=O)=O)CC1)n1nc(-c2ccco2)ccc1=O. The zero-order valence-corrected chi connectivity index (χ0v) is 15.3. The van der Waals surface area contributed by atoms with Gasteiger partial charge < -0.3 is 9.32 Å². The molecule has 3 rings (SSSR count). The van der Waals surface area contributed by atoms with Gasteiger partial charge in [0.1, 0.15) is 11.7 Å². The Hall–Kier alpha value is -2.46. The van der Waals surface area contributed by atoms with Gasteiger partial charge in [0.2, 0.25) is 15.9 Å². The second kappa shape index (κ2) is 7.04. The molecule has 1 aliphatic rings. The molecule has 1 saturated heterocycles. The van der Waals surface area contributed by atoms with Crippen molar-refractivity contribution in [2.75, 3.05) is 32.4 Å². The predicted octanol–water partition coefficient (Wildman–Crippen LogP) is 0.168. The van der Waals surface area contributed by atoms with Crippen LogP contribution in [-0.4, -0.2) is 65.7 Å². The molecule has 0 saturated carbocycles. The Bertz CT molecular complexity index is 943. The normalized spacial score (nSPS) is 17.2. The molecule has 1 aliphatic heterocycles. The van der Waals surface area contributed by atoms with Gasteiger partial charge in [0.25, 0.3) is 5.56 Å². The van der Waals surface area contributed by atoms with E-state index in [-0.39, 0.29) is 32.1 Å². The molecule has 1 amide bonds. The van der Waals surface area contributed by atoms with Crippen LogP contribution in [0.5, 0.6) is 0 Å². The fraction of sp³-hybridized carbons (Fsp3) is 0.438. The third-order valence-electron chi connectivity index (χ3n) is 4.34. The van der Waals surface area contributed by atoms with E-state index in [9.17, 15) is 18.0 Å². The number of carbonyl (C=O) groups is 1. The maximum atomic E-state index is 12.7. The van der Waals surface area contributed by atoms with Gasteiger partial charge in [0, 0.05) is 32.2 Å². The van der Waals surface area contributed by atoms with Crippen molar-refractivity contribution in [1.82, 2.24) is 19.0 Å². The summed E-state index contributed by atoms with van der Waals surface area (Å²) in [6.45, 7) is 2.65. The smallest absolute Gasteiger partial charge is 0.267 e. The molecule has 3 heterocycles. The van der Waals surface area contributed by atoms with Crippen LogP contribution in [0.3, 0.4) is 0 Å². The van der Waals surface area contributed by atoms with Crippen LogP contribution in [-0.2, 0) is 14.8 Å². The third-order valence-corrected chi connectivity index (χ3v) is 5.65. The molecule has 2 aromatic heterocycles. The molecule has 2 aromatic rings. The summed E-state index contributed by atoms with van der Waals surface area (Å²) in [6.07, 6.45) is 2.65. The fourth-order valence-electron chi connectivity index (χ4n) is 2.87. The Morgan fingerprint density at radius 3 is 2.46 bits per heavy atom. The lowest BCUT2D eigenvalue weighted by Crippen LogP contribution is -2.52. The summed E-state index contributed by atoms with van der Waals surface area (Å²) >= 11 is 0. The summed E-state index contributed by atoms with van der Waals surface area (Å²) in [4.78, 5) is 26.5. The first-order valence-corrected chi connectivity index (χ1v) is 10.00. The summed E-state index contributed by atoms with van der Waals surface area (Å²) in [5.74, 6) is 0.226. The van der Waals surface area contributed by atoms with Gasteiger partial charge in [-0.15, -0.1) is 0 Å². The van der Waals surface area contributed by atoms with E-state index in [1.165, 1.54) is 16.6 Å². The van der Waals surface area contributed by atoms with Crippen molar-refractivity contribution >= 4 is 15.9 Å². The molecule has 0 aromatic carbocycles. The minimum absolute atomic E-state index is 0.242. The van der Waals surface area contributed by atoms with Crippen LogP contribution in [0.2, 0.25) is 0 Å². The van der Waals surface area contributed by atoms with Crippen LogP contribution >= 0.6 is 0 Å². The maximum absolute atomic E-state index is 12.7. The molecular weight excluding hydrogens is 360 g/mol. The fourth-order valence-corrected chi connectivity index (χ4v) is 3.69. The van der Waals surface area contributed by atoms with Gasteiger partial charge >= 0.3 is 0 Å². The first-order valence-electron chi connectivity index (χ1n) is 8.15. The Balaban J connectivity index is 1.77. The number of furan rings is 1. The Morgan fingerprint density at radius 1 is 1.19 bits per heavy atom. The van der Waals surface area contributed by atoms with E-state index in [1.807, 2.05) is 0 Å².